The standard InChI is InChI=1S/C14H25O8P/c1-4-5-6-18-11-10(7-15)21-14(22-23)13(20-9(3)17)12(11)19-8(2)16/h10-15H,4-7,23H2,1-3H3/t10-,11-,12+,13+,14-/m1/s1. The number of hydrogen-bond acceptors (Lipinski definition) is 8. The van der Waals surface area contributed by atoms with E-state index in [1.807, 2.05) is 16.4 Å². The average Bonchev–Trinajstić information content (AvgIpc) is 2.49. The van der Waals surface area contributed by atoms with Gasteiger partial charge >= 0.3 is 11.9 Å². The Morgan fingerprint density at radius 1 is 1.13 bits per heavy atom. The second kappa shape index (κ2) is 10.2. The molecule has 1 fully saturated rings. The van der Waals surface area contributed by atoms with Gasteiger partial charge < -0.3 is 28.6 Å². The molecule has 134 valence electrons. The number of esters is 2. The molecule has 1 saturated heterocycles. The smallest absolute Gasteiger partial charge is 0.303 e. The van der Waals surface area contributed by atoms with E-state index >= 15 is 0 Å². The zero-order valence-electron chi connectivity index (χ0n) is 13.6. The van der Waals surface area contributed by atoms with Gasteiger partial charge in [-0.2, -0.15) is 0 Å². The molecule has 9 heteroatoms. The van der Waals surface area contributed by atoms with Crippen molar-refractivity contribution in [3.8, 4) is 0 Å². The molecule has 0 aromatic carbocycles. The fraction of sp³-hybridized carbons (Fsp3) is 0.857. The van der Waals surface area contributed by atoms with Gasteiger partial charge in [-0.25, -0.2) is 0 Å². The molecule has 0 amide bonds. The number of aliphatic hydroxyl groups excluding tert-OH is 1. The molecule has 0 bridgehead atoms. The Kier molecular flexibility index (Phi) is 8.94. The highest BCUT2D eigenvalue weighted by Crippen LogP contribution is 2.30. The van der Waals surface area contributed by atoms with E-state index in [1.165, 1.54) is 13.8 Å². The van der Waals surface area contributed by atoms with E-state index in [2.05, 4.69) is 0 Å². The number of carbonyl (C=O) groups excluding carboxylic acids is 2. The normalized spacial score (nSPS) is 30.7. The van der Waals surface area contributed by atoms with Crippen LogP contribution in [0.3, 0.4) is 0 Å². The third-order valence-electron chi connectivity index (χ3n) is 3.32. The van der Waals surface area contributed by atoms with E-state index in [9.17, 15) is 14.7 Å². The zero-order valence-corrected chi connectivity index (χ0v) is 14.8. The third kappa shape index (κ3) is 5.97. The Morgan fingerprint density at radius 3 is 2.22 bits per heavy atom. The Labute approximate surface area is 138 Å². The maximum atomic E-state index is 11.4. The molecule has 1 heterocycles. The number of unbranched alkanes of at least 4 members (excludes halogenated alkanes) is 1. The van der Waals surface area contributed by atoms with Crippen LogP contribution >= 0.6 is 9.47 Å². The molecule has 0 saturated carbocycles. The van der Waals surface area contributed by atoms with Crippen LogP contribution in [0.25, 0.3) is 0 Å². The van der Waals surface area contributed by atoms with Crippen molar-refractivity contribution in [2.45, 2.75) is 64.3 Å². The molecule has 1 N–H and O–H groups in total. The molecule has 0 aromatic rings. The van der Waals surface area contributed by atoms with Gasteiger partial charge in [0, 0.05) is 29.9 Å². The number of hydrogen-bond donors (Lipinski definition) is 1. The molecule has 1 aliphatic rings. The molecule has 1 aliphatic heterocycles. The lowest BCUT2D eigenvalue weighted by Gasteiger charge is -2.43. The van der Waals surface area contributed by atoms with E-state index in [4.69, 9.17) is 23.5 Å². The maximum Gasteiger partial charge on any atom is 0.303 e. The molecular weight excluding hydrogens is 327 g/mol. The Morgan fingerprint density at radius 2 is 1.74 bits per heavy atom. The summed E-state index contributed by atoms with van der Waals surface area (Å²) in [4.78, 5) is 22.8. The van der Waals surface area contributed by atoms with Crippen molar-refractivity contribution in [1.82, 2.24) is 0 Å². The molecule has 0 radical (unpaired) electrons. The lowest BCUT2D eigenvalue weighted by Crippen LogP contribution is -2.62. The maximum absolute atomic E-state index is 11.4. The summed E-state index contributed by atoms with van der Waals surface area (Å²) >= 11 is 0. The Bertz CT molecular complexity index is 391. The molecule has 0 spiro atoms. The number of aliphatic hydroxyl groups is 1. The summed E-state index contributed by atoms with van der Waals surface area (Å²) < 4.78 is 26.9. The molecule has 0 aromatic heterocycles. The molecule has 8 nitrogen and oxygen atoms in total. The van der Waals surface area contributed by atoms with Crippen molar-refractivity contribution in [2.24, 2.45) is 0 Å². The fourth-order valence-corrected chi connectivity index (χ4v) is 2.56. The summed E-state index contributed by atoms with van der Waals surface area (Å²) in [5.41, 5.74) is 0. The number of ether oxygens (including phenoxy) is 4. The minimum Gasteiger partial charge on any atom is -0.455 e. The summed E-state index contributed by atoms with van der Waals surface area (Å²) in [6, 6.07) is 0. The van der Waals surface area contributed by atoms with Crippen LogP contribution in [0, 0.1) is 0 Å². The van der Waals surface area contributed by atoms with Crippen LogP contribution in [-0.2, 0) is 33.1 Å². The second-order valence-corrected chi connectivity index (χ2v) is 5.47. The summed E-state index contributed by atoms with van der Waals surface area (Å²) in [7, 11) is 2.01. The number of rotatable bonds is 8. The first kappa shape index (κ1) is 20.3. The van der Waals surface area contributed by atoms with E-state index in [0.29, 0.717) is 6.61 Å². The van der Waals surface area contributed by atoms with Gasteiger partial charge in [0.25, 0.3) is 0 Å². The van der Waals surface area contributed by atoms with Crippen LogP contribution in [0.4, 0.5) is 0 Å². The molecule has 23 heavy (non-hydrogen) atoms. The summed E-state index contributed by atoms with van der Waals surface area (Å²) in [5, 5.41) is 9.54. The molecule has 1 unspecified atom stereocenters. The van der Waals surface area contributed by atoms with Gasteiger partial charge in [-0.05, 0) is 6.42 Å². The zero-order chi connectivity index (χ0) is 17.4. The van der Waals surface area contributed by atoms with Crippen LogP contribution in [0.1, 0.15) is 33.6 Å². The van der Waals surface area contributed by atoms with E-state index in [0.717, 1.165) is 12.8 Å². The predicted octanol–water partition coefficient (Wildman–Crippen LogP) is 0.559. The first-order chi connectivity index (χ1) is 10.9. The lowest BCUT2D eigenvalue weighted by molar-refractivity contribution is -0.290. The van der Waals surface area contributed by atoms with E-state index < -0.39 is 42.6 Å². The van der Waals surface area contributed by atoms with Crippen molar-refractivity contribution in [1.29, 1.82) is 0 Å². The van der Waals surface area contributed by atoms with Crippen LogP contribution in [0.5, 0.6) is 0 Å². The van der Waals surface area contributed by atoms with Crippen LogP contribution in [-0.4, -0.2) is 61.0 Å². The van der Waals surface area contributed by atoms with Gasteiger partial charge in [0.1, 0.15) is 12.2 Å². The quantitative estimate of drug-likeness (QED) is 0.384. The molecular formula is C14H25O8P. The van der Waals surface area contributed by atoms with Gasteiger partial charge in [-0.3, -0.25) is 9.59 Å². The van der Waals surface area contributed by atoms with E-state index in [-0.39, 0.29) is 6.61 Å². The van der Waals surface area contributed by atoms with Gasteiger partial charge in [-0.1, -0.05) is 13.3 Å². The van der Waals surface area contributed by atoms with Gasteiger partial charge in [0.2, 0.25) is 6.29 Å². The minimum atomic E-state index is -1.00. The Balaban J connectivity index is 3.02. The van der Waals surface area contributed by atoms with Crippen molar-refractivity contribution >= 4 is 21.4 Å². The highest BCUT2D eigenvalue weighted by molar-refractivity contribution is 7.09. The summed E-state index contributed by atoms with van der Waals surface area (Å²) in [6.07, 6.45) is -2.77. The first-order valence-electron chi connectivity index (χ1n) is 7.52. The van der Waals surface area contributed by atoms with Crippen LogP contribution in [0.2, 0.25) is 0 Å². The Hall–Kier alpha value is -0.790. The van der Waals surface area contributed by atoms with Gasteiger partial charge in [0.05, 0.1) is 6.61 Å². The van der Waals surface area contributed by atoms with Crippen molar-refractivity contribution < 1.29 is 38.2 Å². The van der Waals surface area contributed by atoms with Crippen molar-refractivity contribution in [2.75, 3.05) is 13.2 Å². The fourth-order valence-electron chi connectivity index (χ4n) is 2.34. The minimum absolute atomic E-state index is 0.355. The summed E-state index contributed by atoms with van der Waals surface area (Å²) in [6.45, 7) is 4.53. The van der Waals surface area contributed by atoms with Crippen LogP contribution < -0.4 is 0 Å². The van der Waals surface area contributed by atoms with Gasteiger partial charge in [0.15, 0.2) is 12.2 Å². The van der Waals surface area contributed by atoms with Crippen LogP contribution in [0.15, 0.2) is 0 Å². The van der Waals surface area contributed by atoms with E-state index in [1.54, 1.807) is 0 Å². The largest absolute Gasteiger partial charge is 0.455 e. The molecule has 1 rings (SSSR count). The lowest BCUT2D eigenvalue weighted by atomic mass is 9.98. The second-order valence-electron chi connectivity index (χ2n) is 5.20. The predicted molar refractivity (Wildman–Crippen MR) is 82.3 cm³/mol. The topological polar surface area (TPSA) is 101 Å². The van der Waals surface area contributed by atoms with Crippen molar-refractivity contribution in [3.05, 3.63) is 0 Å². The first-order valence-corrected chi connectivity index (χ1v) is 7.99. The summed E-state index contributed by atoms with van der Waals surface area (Å²) in [5.74, 6) is -1.13. The molecule has 6 atom stereocenters. The SMILES string of the molecule is CCCCO[C@H]1[C@H](OC(C)=O)[C@H](OC(C)=O)[C@@H](OP)O[C@@H]1CO. The monoisotopic (exact) mass is 352 g/mol. The average molecular weight is 352 g/mol. The third-order valence-corrected chi connectivity index (χ3v) is 3.59. The van der Waals surface area contributed by atoms with Gasteiger partial charge in [-0.15, -0.1) is 0 Å². The number of carbonyl (C=O) groups is 2. The highest BCUT2D eigenvalue weighted by atomic mass is 31.0. The molecule has 0 aliphatic carbocycles. The van der Waals surface area contributed by atoms with Crippen molar-refractivity contribution in [3.63, 3.8) is 0 Å². The highest BCUT2D eigenvalue weighted by Gasteiger charge is 2.50.